The predicted octanol–water partition coefficient (Wildman–Crippen LogP) is 5.27. The minimum atomic E-state index is -2.16. The standard InChI is InChI=1S/C47H61N5O6S/c1-7-30-23-31-26-46(58-29(4)53,39-33(15-20-51(27-30)28-31)32-13-10-11-14-36(32)49-39)35-24-34-37(25-38(35)57-6)50(5)41-45(34)17-21-52-19-12-16-44(8-2,40(45)52)42(54)47(41,56)43(55)48-18-22-59-9-3/h10-14,16,23-25,31,40-42,49,54,56H,7-9,15,17-22,26-28H2,1-6H3,(H,48,55)/t31-,40+,41-,42-,44-,45-,46+,47+/m1/s1. The number of aliphatic hydroxyl groups excluding tert-OH is 1. The first-order chi connectivity index (χ1) is 28.4. The zero-order valence-electron chi connectivity index (χ0n) is 35.5. The molecular weight excluding hydrogens is 763 g/mol. The summed E-state index contributed by atoms with van der Waals surface area (Å²) in [5.74, 6) is 1.33. The van der Waals surface area contributed by atoms with Gasteiger partial charge in [0.15, 0.2) is 11.2 Å². The molecule has 1 unspecified atom stereocenters. The number of benzene rings is 2. The summed E-state index contributed by atoms with van der Waals surface area (Å²) in [6, 6.07) is 11.6. The molecule has 2 aromatic carbocycles. The highest BCUT2D eigenvalue weighted by molar-refractivity contribution is 7.99. The molecule has 5 aliphatic heterocycles. The number of rotatable bonds is 10. The van der Waals surface area contributed by atoms with E-state index in [2.05, 4.69) is 83.4 Å². The zero-order valence-corrected chi connectivity index (χ0v) is 36.3. The molecule has 316 valence electrons. The summed E-state index contributed by atoms with van der Waals surface area (Å²) >= 11 is 1.72. The van der Waals surface area contributed by atoms with E-state index >= 15 is 0 Å². The Labute approximate surface area is 352 Å². The highest BCUT2D eigenvalue weighted by atomic mass is 32.2. The van der Waals surface area contributed by atoms with E-state index in [9.17, 15) is 19.8 Å². The number of esters is 1. The summed E-state index contributed by atoms with van der Waals surface area (Å²) in [6.07, 6.45) is 8.65. The van der Waals surface area contributed by atoms with Crippen molar-refractivity contribution in [3.8, 4) is 5.75 Å². The lowest BCUT2D eigenvalue weighted by Gasteiger charge is -2.63. The lowest BCUT2D eigenvalue weighted by atomic mass is 9.47. The number of likely N-dealkylation sites (N-methyl/N-ethyl adjacent to an activating group) is 1. The van der Waals surface area contributed by atoms with Gasteiger partial charge in [0.05, 0.1) is 18.8 Å². The number of anilines is 1. The number of ether oxygens (including phenoxy) is 2. The summed E-state index contributed by atoms with van der Waals surface area (Å²) < 4.78 is 13.4. The molecule has 9 atom stereocenters. The third-order valence-electron chi connectivity index (χ3n) is 15.1. The van der Waals surface area contributed by atoms with Gasteiger partial charge in [-0.25, -0.2) is 0 Å². The monoisotopic (exact) mass is 823 g/mol. The van der Waals surface area contributed by atoms with Crippen molar-refractivity contribution < 1.29 is 29.3 Å². The van der Waals surface area contributed by atoms with Crippen LogP contribution in [0.4, 0.5) is 5.69 Å². The van der Waals surface area contributed by atoms with Crippen LogP contribution in [0, 0.1) is 11.3 Å². The Morgan fingerprint density at radius 2 is 1.92 bits per heavy atom. The van der Waals surface area contributed by atoms with Gasteiger partial charge in [-0.05, 0) is 67.2 Å². The molecule has 12 heteroatoms. The largest absolute Gasteiger partial charge is 0.496 e. The maximum Gasteiger partial charge on any atom is 0.303 e. The van der Waals surface area contributed by atoms with Crippen LogP contribution in [0.15, 0.2) is 60.2 Å². The lowest BCUT2D eigenvalue weighted by Crippen LogP contribution is -2.81. The van der Waals surface area contributed by atoms with Crippen LogP contribution in [0.25, 0.3) is 10.9 Å². The second kappa shape index (κ2) is 15.0. The number of hydrogen-bond acceptors (Lipinski definition) is 10. The number of fused-ring (bicyclic) bond motifs is 6. The number of carbonyl (C=O) groups excluding carboxylic acids is 2. The molecule has 1 aliphatic carbocycles. The lowest BCUT2D eigenvalue weighted by molar-refractivity contribution is -0.203. The number of carbonyl (C=O) groups is 2. The van der Waals surface area contributed by atoms with Crippen molar-refractivity contribution in [1.82, 2.24) is 20.1 Å². The molecular formula is C47H61N5O6S. The average molecular weight is 824 g/mol. The van der Waals surface area contributed by atoms with Crippen molar-refractivity contribution in [1.29, 1.82) is 0 Å². The van der Waals surface area contributed by atoms with Gasteiger partial charge in [0.25, 0.3) is 5.91 Å². The minimum absolute atomic E-state index is 0.0737. The van der Waals surface area contributed by atoms with E-state index in [1.165, 1.54) is 12.5 Å². The SMILES string of the molecule is CCSCCNC(=O)[C@@]1(O)[C@H](O)[C@]2(CC)C=CCN3CC[C@@]4(c5cc([C@@]6(OC(C)=O)C[C@H]7C=C(CC)CN(CCc8c6[nH]c6ccccc86)C7)c(OC)cc5N(C)[C@@H]14)[C@@H]32. The maximum absolute atomic E-state index is 14.7. The Morgan fingerprint density at radius 3 is 2.66 bits per heavy atom. The van der Waals surface area contributed by atoms with E-state index in [4.69, 9.17) is 9.47 Å². The molecule has 1 saturated heterocycles. The Morgan fingerprint density at radius 1 is 1.10 bits per heavy atom. The van der Waals surface area contributed by atoms with Crippen LogP contribution in [0.1, 0.15) is 75.8 Å². The summed E-state index contributed by atoms with van der Waals surface area (Å²) in [6.45, 7) is 12.3. The number of aliphatic hydroxyl groups is 2. The highest BCUT2D eigenvalue weighted by Crippen LogP contribution is 2.67. The molecule has 2 bridgehead atoms. The van der Waals surface area contributed by atoms with Crippen molar-refractivity contribution in [3.63, 3.8) is 0 Å². The normalized spacial score (nSPS) is 34.5. The van der Waals surface area contributed by atoms with E-state index < -0.39 is 40.1 Å². The number of H-pyrrole nitrogens is 1. The van der Waals surface area contributed by atoms with Crippen molar-refractivity contribution in [2.45, 2.75) is 94.6 Å². The average Bonchev–Trinajstić information content (AvgIpc) is 3.90. The van der Waals surface area contributed by atoms with Crippen molar-refractivity contribution in [3.05, 3.63) is 82.6 Å². The molecule has 6 heterocycles. The fourth-order valence-electron chi connectivity index (χ4n) is 12.9. The minimum Gasteiger partial charge on any atom is -0.496 e. The van der Waals surface area contributed by atoms with Crippen LogP contribution in [0.3, 0.4) is 0 Å². The van der Waals surface area contributed by atoms with Crippen LogP contribution in [0.5, 0.6) is 5.75 Å². The van der Waals surface area contributed by atoms with Crippen LogP contribution in [-0.4, -0.2) is 126 Å². The number of methoxy groups -OCH3 is 1. The quantitative estimate of drug-likeness (QED) is 0.122. The molecule has 0 radical (unpaired) electrons. The highest BCUT2D eigenvalue weighted by Gasteiger charge is 2.78. The fourth-order valence-corrected chi connectivity index (χ4v) is 13.5. The Hall–Kier alpha value is -3.81. The predicted molar refractivity (Wildman–Crippen MR) is 233 cm³/mol. The summed E-state index contributed by atoms with van der Waals surface area (Å²) in [5.41, 5.74) is 1.80. The first-order valence-electron chi connectivity index (χ1n) is 21.8. The number of hydrogen-bond donors (Lipinski definition) is 4. The summed E-state index contributed by atoms with van der Waals surface area (Å²) in [7, 11) is 3.61. The maximum atomic E-state index is 14.7. The van der Waals surface area contributed by atoms with Gasteiger partial charge in [-0.15, -0.1) is 0 Å². The first kappa shape index (κ1) is 40.6. The van der Waals surface area contributed by atoms with E-state index in [-0.39, 0.29) is 17.9 Å². The van der Waals surface area contributed by atoms with Crippen LogP contribution in [-0.2, 0) is 31.8 Å². The van der Waals surface area contributed by atoms with Crippen LogP contribution >= 0.6 is 11.8 Å². The van der Waals surface area contributed by atoms with Gasteiger partial charge in [0.1, 0.15) is 11.9 Å². The number of amides is 1. The van der Waals surface area contributed by atoms with Gasteiger partial charge in [-0.3, -0.25) is 19.4 Å². The topological polar surface area (TPSA) is 131 Å². The zero-order chi connectivity index (χ0) is 41.5. The number of thioether (sulfide) groups is 1. The second-order valence-corrected chi connectivity index (χ2v) is 19.3. The van der Waals surface area contributed by atoms with Gasteiger partial charge >= 0.3 is 5.97 Å². The number of nitrogens with one attached hydrogen (secondary N) is 2. The molecule has 4 N–H and O–H groups in total. The van der Waals surface area contributed by atoms with Gasteiger partial charge in [-0.1, -0.05) is 62.8 Å². The van der Waals surface area contributed by atoms with Crippen LogP contribution < -0.4 is 15.0 Å². The summed E-state index contributed by atoms with van der Waals surface area (Å²) in [4.78, 5) is 39.4. The number of aromatic nitrogens is 1. The van der Waals surface area contributed by atoms with Crippen LogP contribution in [0.2, 0.25) is 0 Å². The van der Waals surface area contributed by atoms with Crippen molar-refractivity contribution in [2.75, 3.05) is 69.8 Å². The Bertz CT molecular complexity index is 2220. The van der Waals surface area contributed by atoms with E-state index in [0.717, 1.165) is 83.7 Å². The van der Waals surface area contributed by atoms with Gasteiger partial charge in [0.2, 0.25) is 0 Å². The molecule has 9 rings (SSSR count). The van der Waals surface area contributed by atoms with Gasteiger partial charge in [-0.2, -0.15) is 11.8 Å². The van der Waals surface area contributed by atoms with Crippen molar-refractivity contribution in [2.24, 2.45) is 11.3 Å². The molecule has 1 spiro atoms. The van der Waals surface area contributed by atoms with E-state index in [1.807, 2.05) is 24.1 Å². The third-order valence-corrected chi connectivity index (χ3v) is 16.0. The smallest absolute Gasteiger partial charge is 0.303 e. The molecule has 11 nitrogen and oxygen atoms in total. The van der Waals surface area contributed by atoms with Gasteiger partial charge < -0.3 is 34.9 Å². The fraction of sp³-hybridized carbons (Fsp3) is 0.574. The molecule has 59 heavy (non-hydrogen) atoms. The molecule has 1 amide bonds. The molecule has 1 saturated carbocycles. The number of para-hydroxylation sites is 1. The van der Waals surface area contributed by atoms with Gasteiger partial charge in [0, 0.05) is 104 Å². The Balaban J connectivity index is 1.32. The first-order valence-corrected chi connectivity index (χ1v) is 22.9. The van der Waals surface area contributed by atoms with E-state index in [0.29, 0.717) is 43.9 Å². The molecule has 3 aromatic rings. The third kappa shape index (κ3) is 5.75. The molecule has 6 aliphatic rings. The molecule has 2 fully saturated rings. The number of nitrogens with zero attached hydrogens (tertiary/aromatic N) is 3. The summed E-state index contributed by atoms with van der Waals surface area (Å²) in [5, 5.41) is 30.2. The number of aromatic amines is 1. The van der Waals surface area contributed by atoms with Crippen molar-refractivity contribution >= 4 is 40.2 Å². The second-order valence-electron chi connectivity index (χ2n) is 17.9. The Kier molecular flexibility index (Phi) is 10.3. The molecule has 1 aromatic heterocycles. The van der Waals surface area contributed by atoms with E-state index in [1.54, 1.807) is 18.9 Å².